The molecule has 6 nitrogen and oxygen atoms in total. The molecule has 1 aromatic carbocycles. The molecule has 0 aliphatic heterocycles. The van der Waals surface area contributed by atoms with Crippen molar-refractivity contribution in [1.29, 1.82) is 0 Å². The van der Waals surface area contributed by atoms with E-state index in [-0.39, 0.29) is 5.69 Å². The second kappa shape index (κ2) is 5.81. The molecule has 0 bridgehead atoms. The second-order valence-corrected chi connectivity index (χ2v) is 3.73. The fraction of sp³-hybridized carbons (Fsp3) is 0.154. The highest BCUT2D eigenvalue weighted by atomic mass is 16.6. The molecule has 0 saturated heterocycles. The van der Waals surface area contributed by atoms with E-state index in [9.17, 15) is 10.1 Å². The number of pyridine rings is 1. The molecule has 0 saturated carbocycles. The number of benzene rings is 1. The first-order valence-corrected chi connectivity index (χ1v) is 5.79. The zero-order chi connectivity index (χ0) is 13.7. The maximum Gasteiger partial charge on any atom is 0.292 e. The van der Waals surface area contributed by atoms with Crippen molar-refractivity contribution in [2.75, 3.05) is 11.9 Å². The number of aromatic nitrogens is 1. The van der Waals surface area contributed by atoms with Crippen molar-refractivity contribution in [1.82, 2.24) is 4.98 Å². The van der Waals surface area contributed by atoms with Gasteiger partial charge in [0, 0.05) is 30.2 Å². The molecular formula is C13H13N3O3. The molecule has 0 radical (unpaired) electrons. The number of nitrogens with zero attached hydrogens (tertiary/aromatic N) is 2. The van der Waals surface area contributed by atoms with Crippen LogP contribution in [0.1, 0.15) is 6.92 Å². The van der Waals surface area contributed by atoms with Gasteiger partial charge in [0.15, 0.2) is 0 Å². The lowest BCUT2D eigenvalue weighted by Gasteiger charge is -2.09. The fourth-order valence-electron chi connectivity index (χ4n) is 1.62. The monoisotopic (exact) mass is 259 g/mol. The van der Waals surface area contributed by atoms with E-state index in [0.717, 1.165) is 5.69 Å². The largest absolute Gasteiger partial charge is 0.494 e. The molecule has 0 spiro atoms. The summed E-state index contributed by atoms with van der Waals surface area (Å²) < 4.78 is 5.34. The van der Waals surface area contributed by atoms with Crippen LogP contribution in [0.4, 0.5) is 17.1 Å². The van der Waals surface area contributed by atoms with E-state index in [1.807, 2.05) is 6.92 Å². The zero-order valence-electron chi connectivity index (χ0n) is 10.4. The minimum absolute atomic E-state index is 0.000246. The van der Waals surface area contributed by atoms with Gasteiger partial charge in [-0.2, -0.15) is 0 Å². The van der Waals surface area contributed by atoms with Gasteiger partial charge in [-0.25, -0.2) is 0 Å². The predicted molar refractivity (Wildman–Crippen MR) is 71.8 cm³/mol. The lowest BCUT2D eigenvalue weighted by Crippen LogP contribution is -1.99. The molecule has 2 rings (SSSR count). The van der Waals surface area contributed by atoms with Crippen LogP contribution in [-0.2, 0) is 0 Å². The molecule has 0 aliphatic rings. The van der Waals surface area contributed by atoms with Gasteiger partial charge < -0.3 is 10.1 Å². The Morgan fingerprint density at radius 3 is 2.68 bits per heavy atom. The van der Waals surface area contributed by atoms with Gasteiger partial charge in [0.1, 0.15) is 11.4 Å². The van der Waals surface area contributed by atoms with E-state index >= 15 is 0 Å². The van der Waals surface area contributed by atoms with Crippen LogP contribution in [0, 0.1) is 10.1 Å². The summed E-state index contributed by atoms with van der Waals surface area (Å²) in [6, 6.07) is 8.09. The summed E-state index contributed by atoms with van der Waals surface area (Å²) in [6.07, 6.45) is 3.22. The Morgan fingerprint density at radius 2 is 2.05 bits per heavy atom. The smallest absolute Gasteiger partial charge is 0.292 e. The van der Waals surface area contributed by atoms with E-state index in [1.165, 1.54) is 6.07 Å². The number of nitro benzene ring substituents is 1. The van der Waals surface area contributed by atoms with Crippen molar-refractivity contribution in [3.05, 3.63) is 52.8 Å². The van der Waals surface area contributed by atoms with E-state index < -0.39 is 4.92 Å². The minimum atomic E-state index is -0.431. The molecule has 0 aliphatic carbocycles. The Labute approximate surface area is 110 Å². The molecule has 0 amide bonds. The molecule has 98 valence electrons. The summed E-state index contributed by atoms with van der Waals surface area (Å²) in [6.45, 7) is 2.36. The van der Waals surface area contributed by atoms with Crippen LogP contribution in [0.25, 0.3) is 0 Å². The number of anilines is 2. The number of nitrogens with one attached hydrogen (secondary N) is 1. The van der Waals surface area contributed by atoms with Crippen molar-refractivity contribution < 1.29 is 9.66 Å². The van der Waals surface area contributed by atoms with Gasteiger partial charge >= 0.3 is 0 Å². The Balaban J connectivity index is 2.35. The van der Waals surface area contributed by atoms with Crippen LogP contribution in [0.5, 0.6) is 5.75 Å². The van der Waals surface area contributed by atoms with Crippen molar-refractivity contribution >= 4 is 17.1 Å². The Morgan fingerprint density at radius 1 is 1.32 bits per heavy atom. The Kier molecular flexibility index (Phi) is 3.92. The second-order valence-electron chi connectivity index (χ2n) is 3.73. The zero-order valence-corrected chi connectivity index (χ0v) is 10.4. The summed E-state index contributed by atoms with van der Waals surface area (Å²) >= 11 is 0. The highest BCUT2D eigenvalue weighted by Gasteiger charge is 2.14. The molecule has 19 heavy (non-hydrogen) atoms. The third kappa shape index (κ3) is 3.19. The molecule has 1 N–H and O–H groups in total. The summed E-state index contributed by atoms with van der Waals surface area (Å²) in [5, 5.41) is 14.0. The third-order valence-corrected chi connectivity index (χ3v) is 2.44. The van der Waals surface area contributed by atoms with Crippen LogP contribution in [0.3, 0.4) is 0 Å². The van der Waals surface area contributed by atoms with Crippen LogP contribution < -0.4 is 10.1 Å². The van der Waals surface area contributed by atoms with Gasteiger partial charge in [0.2, 0.25) is 0 Å². The third-order valence-electron chi connectivity index (χ3n) is 2.44. The van der Waals surface area contributed by atoms with Crippen LogP contribution in [0.15, 0.2) is 42.7 Å². The molecule has 1 aromatic heterocycles. The molecule has 6 heteroatoms. The molecule has 2 aromatic rings. The Bertz CT molecular complexity index is 573. The van der Waals surface area contributed by atoms with Crippen molar-refractivity contribution in [2.45, 2.75) is 6.92 Å². The topological polar surface area (TPSA) is 77.3 Å². The van der Waals surface area contributed by atoms with Gasteiger partial charge in [-0.1, -0.05) is 0 Å². The van der Waals surface area contributed by atoms with E-state index in [1.54, 1.807) is 36.7 Å². The first-order valence-electron chi connectivity index (χ1n) is 5.79. The maximum atomic E-state index is 11.0. The minimum Gasteiger partial charge on any atom is -0.494 e. The first-order chi connectivity index (χ1) is 9.20. The summed E-state index contributed by atoms with van der Waals surface area (Å²) in [7, 11) is 0. The molecule has 1 heterocycles. The van der Waals surface area contributed by atoms with Gasteiger partial charge in [-0.3, -0.25) is 15.1 Å². The summed E-state index contributed by atoms with van der Waals surface area (Å²) in [4.78, 5) is 14.5. The molecule has 0 unspecified atom stereocenters. The van der Waals surface area contributed by atoms with E-state index in [4.69, 9.17) is 4.74 Å². The van der Waals surface area contributed by atoms with Gasteiger partial charge in [0.05, 0.1) is 11.5 Å². The van der Waals surface area contributed by atoms with Gasteiger partial charge in [-0.05, 0) is 25.1 Å². The van der Waals surface area contributed by atoms with Gasteiger partial charge in [0.25, 0.3) is 5.69 Å². The Hall–Kier alpha value is -2.63. The molecule has 0 atom stereocenters. The van der Waals surface area contributed by atoms with Crippen molar-refractivity contribution in [3.8, 4) is 5.75 Å². The number of hydrogen-bond acceptors (Lipinski definition) is 5. The fourth-order valence-corrected chi connectivity index (χ4v) is 1.62. The average molecular weight is 259 g/mol. The quantitative estimate of drug-likeness (QED) is 0.659. The lowest BCUT2D eigenvalue weighted by molar-refractivity contribution is -0.383. The average Bonchev–Trinajstić information content (AvgIpc) is 2.40. The highest BCUT2D eigenvalue weighted by Crippen LogP contribution is 2.31. The van der Waals surface area contributed by atoms with Crippen LogP contribution in [-0.4, -0.2) is 16.5 Å². The maximum absolute atomic E-state index is 11.0. The standard InChI is InChI=1S/C13H13N3O3/c1-2-19-11-3-4-13(16(17)18)12(9-11)15-10-5-7-14-8-6-10/h3-9H,2H2,1H3,(H,14,15). The summed E-state index contributed by atoms with van der Waals surface area (Å²) in [5.41, 5.74) is 1.12. The summed E-state index contributed by atoms with van der Waals surface area (Å²) in [5.74, 6) is 0.588. The predicted octanol–water partition coefficient (Wildman–Crippen LogP) is 3.13. The van der Waals surface area contributed by atoms with Crippen LogP contribution in [0.2, 0.25) is 0 Å². The van der Waals surface area contributed by atoms with Gasteiger partial charge in [-0.15, -0.1) is 0 Å². The molecule has 0 fully saturated rings. The van der Waals surface area contributed by atoms with Crippen molar-refractivity contribution in [3.63, 3.8) is 0 Å². The highest BCUT2D eigenvalue weighted by molar-refractivity contribution is 5.70. The van der Waals surface area contributed by atoms with Crippen LogP contribution >= 0.6 is 0 Å². The lowest BCUT2D eigenvalue weighted by atomic mass is 10.2. The number of ether oxygens (including phenoxy) is 1. The normalized spacial score (nSPS) is 9.95. The van der Waals surface area contributed by atoms with E-state index in [0.29, 0.717) is 18.0 Å². The number of hydrogen-bond donors (Lipinski definition) is 1. The SMILES string of the molecule is CCOc1ccc([N+](=O)[O-])c(Nc2ccncc2)c1. The first kappa shape index (κ1) is 12.8. The van der Waals surface area contributed by atoms with Crippen molar-refractivity contribution in [2.24, 2.45) is 0 Å². The molecular weight excluding hydrogens is 246 g/mol. The number of nitro groups is 1. The van der Waals surface area contributed by atoms with E-state index in [2.05, 4.69) is 10.3 Å². The number of rotatable bonds is 5.